The van der Waals surface area contributed by atoms with Gasteiger partial charge in [-0.15, -0.1) is 0 Å². The van der Waals surface area contributed by atoms with E-state index >= 15 is 0 Å². The molecule has 0 aliphatic carbocycles. The summed E-state index contributed by atoms with van der Waals surface area (Å²) in [7, 11) is 0. The molecule has 0 aromatic heterocycles. The molecule has 0 aliphatic rings. The molecule has 1 rings (SSSR count). The van der Waals surface area contributed by atoms with Crippen LogP contribution in [0.2, 0.25) is 0 Å². The third-order valence-corrected chi connectivity index (χ3v) is 2.28. The largest absolute Gasteiger partial charge is 0.384 e. The maximum atomic E-state index is 12.8. The molecule has 2 nitrogen and oxygen atoms in total. The van der Waals surface area contributed by atoms with E-state index in [2.05, 4.69) is 0 Å². The molecule has 1 aromatic rings. The van der Waals surface area contributed by atoms with Gasteiger partial charge in [0.15, 0.2) is 0 Å². The van der Waals surface area contributed by atoms with Crippen LogP contribution in [0.15, 0.2) is 24.3 Å². The molecule has 0 saturated heterocycles. The second-order valence-corrected chi connectivity index (χ2v) is 3.10. The zero-order valence-electron chi connectivity index (χ0n) is 7.63. The zero-order chi connectivity index (χ0) is 9.90. The quantitative estimate of drug-likeness (QED) is 0.743. The van der Waals surface area contributed by atoms with Crippen LogP contribution in [0.1, 0.15) is 18.9 Å². The Morgan fingerprint density at radius 2 is 2.23 bits per heavy atom. The van der Waals surface area contributed by atoms with Crippen LogP contribution in [0.3, 0.4) is 0 Å². The lowest BCUT2D eigenvalue weighted by atomic mass is 9.91. The van der Waals surface area contributed by atoms with Crippen molar-refractivity contribution >= 4 is 0 Å². The number of hydrogen-bond donors (Lipinski definition) is 2. The van der Waals surface area contributed by atoms with E-state index in [9.17, 15) is 9.50 Å². The van der Waals surface area contributed by atoms with E-state index in [1.807, 2.05) is 6.92 Å². The fourth-order valence-electron chi connectivity index (χ4n) is 1.24. The molecule has 0 radical (unpaired) electrons. The predicted octanol–water partition coefficient (Wildman–Crippen LogP) is 1.38. The lowest BCUT2D eigenvalue weighted by Crippen LogP contribution is -2.34. The molecule has 0 aliphatic heterocycles. The fraction of sp³-hybridized carbons (Fsp3) is 0.400. The van der Waals surface area contributed by atoms with E-state index in [0.29, 0.717) is 12.0 Å². The monoisotopic (exact) mass is 183 g/mol. The Morgan fingerprint density at radius 1 is 1.54 bits per heavy atom. The minimum absolute atomic E-state index is 0.104. The van der Waals surface area contributed by atoms with Gasteiger partial charge in [0.2, 0.25) is 0 Å². The van der Waals surface area contributed by atoms with Crippen LogP contribution in [0, 0.1) is 5.82 Å². The molecular weight excluding hydrogens is 169 g/mol. The van der Waals surface area contributed by atoms with Crippen LogP contribution >= 0.6 is 0 Å². The van der Waals surface area contributed by atoms with Crippen molar-refractivity contribution in [3.05, 3.63) is 35.6 Å². The van der Waals surface area contributed by atoms with Gasteiger partial charge >= 0.3 is 0 Å². The third kappa shape index (κ3) is 2.05. The van der Waals surface area contributed by atoms with E-state index in [1.54, 1.807) is 12.1 Å². The highest BCUT2D eigenvalue weighted by molar-refractivity contribution is 5.23. The number of benzene rings is 1. The van der Waals surface area contributed by atoms with Crippen molar-refractivity contribution in [1.29, 1.82) is 0 Å². The van der Waals surface area contributed by atoms with E-state index in [4.69, 9.17) is 5.73 Å². The van der Waals surface area contributed by atoms with Gasteiger partial charge in [0.05, 0.1) is 0 Å². The predicted molar refractivity (Wildman–Crippen MR) is 49.6 cm³/mol. The summed E-state index contributed by atoms with van der Waals surface area (Å²) in [5.41, 5.74) is 4.87. The highest BCUT2D eigenvalue weighted by Gasteiger charge is 2.25. The van der Waals surface area contributed by atoms with Gasteiger partial charge in [-0.05, 0) is 24.1 Å². The Morgan fingerprint density at radius 3 is 2.69 bits per heavy atom. The molecule has 1 unspecified atom stereocenters. The van der Waals surface area contributed by atoms with Gasteiger partial charge < -0.3 is 10.8 Å². The van der Waals surface area contributed by atoms with Crippen LogP contribution in [0.5, 0.6) is 0 Å². The first-order valence-corrected chi connectivity index (χ1v) is 4.31. The average molecular weight is 183 g/mol. The Hall–Kier alpha value is -0.930. The van der Waals surface area contributed by atoms with Gasteiger partial charge in [0.1, 0.15) is 11.4 Å². The van der Waals surface area contributed by atoms with E-state index < -0.39 is 5.60 Å². The molecule has 0 spiro atoms. The molecule has 3 N–H and O–H groups in total. The summed E-state index contributed by atoms with van der Waals surface area (Å²) in [6, 6.07) is 5.91. The summed E-state index contributed by atoms with van der Waals surface area (Å²) in [6.45, 7) is 1.92. The first kappa shape index (κ1) is 10.2. The maximum absolute atomic E-state index is 12.8. The van der Waals surface area contributed by atoms with Gasteiger partial charge in [-0.2, -0.15) is 0 Å². The summed E-state index contributed by atoms with van der Waals surface area (Å²) >= 11 is 0. The number of nitrogens with two attached hydrogens (primary N) is 1. The average Bonchev–Trinajstić information content (AvgIpc) is 2.17. The van der Waals surface area contributed by atoms with Crippen molar-refractivity contribution in [2.75, 3.05) is 6.54 Å². The molecule has 13 heavy (non-hydrogen) atoms. The van der Waals surface area contributed by atoms with Crippen LogP contribution in [0.4, 0.5) is 4.39 Å². The lowest BCUT2D eigenvalue weighted by Gasteiger charge is -2.25. The number of rotatable bonds is 3. The molecule has 1 aromatic carbocycles. The molecular formula is C10H14FNO. The molecule has 0 saturated carbocycles. The van der Waals surface area contributed by atoms with Crippen LogP contribution in [-0.2, 0) is 5.60 Å². The van der Waals surface area contributed by atoms with Crippen LogP contribution < -0.4 is 5.73 Å². The van der Waals surface area contributed by atoms with E-state index in [-0.39, 0.29) is 12.4 Å². The molecule has 72 valence electrons. The summed E-state index contributed by atoms with van der Waals surface area (Å²) < 4.78 is 12.8. The zero-order valence-corrected chi connectivity index (χ0v) is 7.63. The summed E-state index contributed by atoms with van der Waals surface area (Å²) in [6.07, 6.45) is 0.479. The minimum Gasteiger partial charge on any atom is -0.384 e. The molecule has 0 fully saturated rings. The van der Waals surface area contributed by atoms with Crippen molar-refractivity contribution in [1.82, 2.24) is 0 Å². The van der Waals surface area contributed by atoms with Crippen LogP contribution in [0.25, 0.3) is 0 Å². The fourth-order valence-corrected chi connectivity index (χ4v) is 1.24. The van der Waals surface area contributed by atoms with E-state index in [0.717, 1.165) is 0 Å². The van der Waals surface area contributed by atoms with Gasteiger partial charge in [-0.3, -0.25) is 0 Å². The Balaban J connectivity index is 3.05. The van der Waals surface area contributed by atoms with Gasteiger partial charge in [-0.25, -0.2) is 4.39 Å². The van der Waals surface area contributed by atoms with Gasteiger partial charge in [-0.1, -0.05) is 19.1 Å². The first-order valence-electron chi connectivity index (χ1n) is 4.31. The number of hydrogen-bond acceptors (Lipinski definition) is 2. The van der Waals surface area contributed by atoms with E-state index in [1.165, 1.54) is 12.1 Å². The minimum atomic E-state index is -1.10. The van der Waals surface area contributed by atoms with Gasteiger partial charge in [0, 0.05) is 6.54 Å². The van der Waals surface area contributed by atoms with Crippen molar-refractivity contribution in [3.63, 3.8) is 0 Å². The summed E-state index contributed by atoms with van der Waals surface area (Å²) in [5, 5.41) is 9.93. The summed E-state index contributed by atoms with van der Waals surface area (Å²) in [5.74, 6) is -0.349. The van der Waals surface area contributed by atoms with Gasteiger partial charge in [0.25, 0.3) is 0 Å². The molecule has 3 heteroatoms. The standard InChI is InChI=1S/C10H14FNO/c1-2-10(13,7-12)8-4-3-5-9(11)6-8/h3-6,13H,2,7,12H2,1H3. The number of aliphatic hydroxyl groups is 1. The second kappa shape index (κ2) is 3.85. The maximum Gasteiger partial charge on any atom is 0.123 e. The second-order valence-electron chi connectivity index (χ2n) is 3.10. The number of halogens is 1. The summed E-state index contributed by atoms with van der Waals surface area (Å²) in [4.78, 5) is 0. The van der Waals surface area contributed by atoms with Crippen LogP contribution in [-0.4, -0.2) is 11.7 Å². The SMILES string of the molecule is CCC(O)(CN)c1cccc(F)c1. The molecule has 0 amide bonds. The van der Waals surface area contributed by atoms with Crippen molar-refractivity contribution in [2.45, 2.75) is 18.9 Å². The highest BCUT2D eigenvalue weighted by atomic mass is 19.1. The normalized spacial score (nSPS) is 15.4. The highest BCUT2D eigenvalue weighted by Crippen LogP contribution is 2.23. The Labute approximate surface area is 77.2 Å². The van der Waals surface area contributed by atoms with Crippen molar-refractivity contribution < 1.29 is 9.50 Å². The van der Waals surface area contributed by atoms with Crippen molar-refractivity contribution in [3.8, 4) is 0 Å². The lowest BCUT2D eigenvalue weighted by molar-refractivity contribution is 0.0415. The first-order chi connectivity index (χ1) is 6.12. The molecule has 1 atom stereocenters. The smallest absolute Gasteiger partial charge is 0.123 e. The Bertz CT molecular complexity index is 284. The molecule has 0 heterocycles. The Kier molecular flexibility index (Phi) is 3.01. The van der Waals surface area contributed by atoms with Crippen molar-refractivity contribution in [2.24, 2.45) is 5.73 Å². The topological polar surface area (TPSA) is 46.2 Å². The molecule has 0 bridgehead atoms. The third-order valence-electron chi connectivity index (χ3n) is 2.28.